The first kappa shape index (κ1) is 20.4. The van der Waals surface area contributed by atoms with E-state index in [1.165, 1.54) is 18.4 Å². The quantitative estimate of drug-likeness (QED) is 0.333. The molecule has 1 aliphatic carbocycles. The van der Waals surface area contributed by atoms with E-state index in [0.717, 1.165) is 32.2 Å². The molecule has 166 valence electrons. The van der Waals surface area contributed by atoms with Crippen LogP contribution in [0.2, 0.25) is 5.15 Å². The van der Waals surface area contributed by atoms with Gasteiger partial charge in [0, 0.05) is 23.1 Å². The molecule has 0 radical (unpaired) electrons. The molecule has 1 saturated carbocycles. The van der Waals surface area contributed by atoms with Crippen molar-refractivity contribution in [2.75, 3.05) is 0 Å². The van der Waals surface area contributed by atoms with Crippen molar-refractivity contribution in [2.45, 2.75) is 31.8 Å². The van der Waals surface area contributed by atoms with Crippen LogP contribution in [0.25, 0.3) is 11.2 Å². The molecule has 0 saturated heterocycles. The molecule has 0 unspecified atom stereocenters. The Morgan fingerprint density at radius 2 is 2.12 bits per heavy atom. The Bertz CT molecular complexity index is 1510. The topological polar surface area (TPSA) is 81.5 Å². The molecule has 1 amide bonds. The van der Waals surface area contributed by atoms with Gasteiger partial charge in [-0.3, -0.25) is 13.9 Å². The molecule has 0 aromatic carbocycles. The molecule has 5 heterocycles. The summed E-state index contributed by atoms with van der Waals surface area (Å²) < 4.78 is 6.50. The lowest BCUT2D eigenvalue weighted by Gasteiger charge is -2.04. The number of halogens is 2. The first-order valence-corrected chi connectivity index (χ1v) is 11.8. The van der Waals surface area contributed by atoms with E-state index < -0.39 is 0 Å². The Morgan fingerprint density at radius 3 is 2.97 bits per heavy atom. The molecule has 10 heteroatoms. The number of hydrogen-bond donors (Lipinski definition) is 1. The van der Waals surface area contributed by atoms with Crippen molar-refractivity contribution >= 4 is 44.6 Å². The van der Waals surface area contributed by atoms with E-state index in [2.05, 4.69) is 42.4 Å². The summed E-state index contributed by atoms with van der Waals surface area (Å²) >= 11 is 10.1. The van der Waals surface area contributed by atoms with Crippen molar-refractivity contribution in [1.82, 2.24) is 33.9 Å². The molecule has 0 aliphatic heterocycles. The third kappa shape index (κ3) is 3.91. The van der Waals surface area contributed by atoms with Gasteiger partial charge >= 0.3 is 0 Å². The number of imidazole rings is 2. The predicted octanol–water partition coefficient (Wildman–Crippen LogP) is 4.45. The normalized spacial score (nSPS) is 13.8. The maximum Gasteiger partial charge on any atom is 0.254 e. The summed E-state index contributed by atoms with van der Waals surface area (Å²) in [6.07, 6.45) is 11.3. The minimum absolute atomic E-state index is 0.204. The largest absolute Gasteiger partial charge is 0.346 e. The molecule has 0 atom stereocenters. The van der Waals surface area contributed by atoms with Gasteiger partial charge < -0.3 is 9.72 Å². The summed E-state index contributed by atoms with van der Waals surface area (Å²) in [7, 11) is 0. The van der Waals surface area contributed by atoms with Gasteiger partial charge in [0.05, 0.1) is 48.1 Å². The molecule has 1 N–H and O–H groups in total. The highest BCUT2D eigenvalue weighted by Gasteiger charge is 2.27. The lowest BCUT2D eigenvalue weighted by molar-refractivity contribution is 0.0950. The molecule has 0 spiro atoms. The number of fused-ring (bicyclic) bond motifs is 2. The van der Waals surface area contributed by atoms with Gasteiger partial charge in [0.1, 0.15) is 10.8 Å². The minimum atomic E-state index is -0.204. The Morgan fingerprint density at radius 1 is 1.24 bits per heavy atom. The summed E-state index contributed by atoms with van der Waals surface area (Å²) in [6, 6.07) is 7.99. The zero-order valence-corrected chi connectivity index (χ0v) is 19.8. The van der Waals surface area contributed by atoms with Crippen LogP contribution in [-0.2, 0) is 13.1 Å². The zero-order valence-electron chi connectivity index (χ0n) is 17.4. The Balaban J connectivity index is 1.15. The van der Waals surface area contributed by atoms with Crippen LogP contribution in [0, 0.1) is 0 Å². The fourth-order valence-corrected chi connectivity index (χ4v) is 4.71. The number of rotatable bonds is 6. The smallest absolute Gasteiger partial charge is 0.254 e. The Kier molecular flexibility index (Phi) is 4.95. The van der Waals surface area contributed by atoms with Crippen LogP contribution >= 0.6 is 27.5 Å². The summed E-state index contributed by atoms with van der Waals surface area (Å²) in [5, 5.41) is 7.99. The fraction of sp³-hybridized carbons (Fsp3) is 0.217. The highest BCUT2D eigenvalue weighted by Crippen LogP contribution is 2.43. The van der Waals surface area contributed by atoms with E-state index in [0.29, 0.717) is 24.6 Å². The lowest BCUT2D eigenvalue weighted by atomic mass is 10.2. The zero-order chi connectivity index (χ0) is 22.5. The first-order valence-electron chi connectivity index (χ1n) is 10.6. The molecule has 0 bridgehead atoms. The molecule has 1 fully saturated rings. The van der Waals surface area contributed by atoms with E-state index in [4.69, 9.17) is 11.6 Å². The van der Waals surface area contributed by atoms with Gasteiger partial charge in [-0.25, -0.2) is 9.97 Å². The maximum absolute atomic E-state index is 12.7. The Hall–Kier alpha value is -3.17. The highest BCUT2D eigenvalue weighted by atomic mass is 79.9. The molecule has 33 heavy (non-hydrogen) atoms. The fourth-order valence-electron chi connectivity index (χ4n) is 4.02. The van der Waals surface area contributed by atoms with E-state index in [-0.39, 0.29) is 5.91 Å². The number of nitrogens with one attached hydrogen (secondary N) is 1. The summed E-state index contributed by atoms with van der Waals surface area (Å²) in [4.78, 5) is 21.7. The number of carbonyl (C=O) groups is 1. The van der Waals surface area contributed by atoms with Crippen LogP contribution in [0.5, 0.6) is 0 Å². The second kappa shape index (κ2) is 8.00. The van der Waals surface area contributed by atoms with Gasteiger partial charge in [-0.15, -0.1) is 0 Å². The first-order chi connectivity index (χ1) is 16.0. The van der Waals surface area contributed by atoms with Gasteiger partial charge in [0.15, 0.2) is 0 Å². The molecule has 8 nitrogen and oxygen atoms in total. The number of amides is 1. The van der Waals surface area contributed by atoms with E-state index in [9.17, 15) is 4.79 Å². The minimum Gasteiger partial charge on any atom is -0.346 e. The van der Waals surface area contributed by atoms with Gasteiger partial charge in [-0.2, -0.15) is 5.10 Å². The van der Waals surface area contributed by atoms with Gasteiger partial charge in [0.25, 0.3) is 5.91 Å². The molecule has 1 aliphatic rings. The van der Waals surface area contributed by atoms with Gasteiger partial charge in [0.2, 0.25) is 0 Å². The number of carbonyl (C=O) groups excluding carboxylic acids is 1. The number of hydrogen-bond acceptors (Lipinski definition) is 4. The molecule has 5 aromatic heterocycles. The van der Waals surface area contributed by atoms with Crippen molar-refractivity contribution < 1.29 is 4.79 Å². The average Bonchev–Trinajstić information content (AvgIpc) is 3.20. The van der Waals surface area contributed by atoms with Gasteiger partial charge in [-0.05, 0) is 42.5 Å². The number of nitrogens with zero attached hydrogens (tertiary/aromatic N) is 6. The third-order valence-electron chi connectivity index (χ3n) is 5.88. The van der Waals surface area contributed by atoms with Crippen LogP contribution in [0.3, 0.4) is 0 Å². The van der Waals surface area contributed by atoms with Crippen LogP contribution in [0.15, 0.2) is 59.9 Å². The molecule has 5 aromatic rings. The van der Waals surface area contributed by atoms with Gasteiger partial charge in [-0.1, -0.05) is 33.6 Å². The van der Waals surface area contributed by atoms with E-state index in [1.807, 2.05) is 39.4 Å². The SMILES string of the molecule is O=C(NCc1ncn2ccc(Br)cc12)c1cnn(Cc2cn3c(Cl)c(C4CC4)ccc3n2)c1. The van der Waals surface area contributed by atoms with Crippen molar-refractivity contribution in [3.05, 3.63) is 87.5 Å². The number of aromatic nitrogens is 6. The highest BCUT2D eigenvalue weighted by molar-refractivity contribution is 9.10. The summed E-state index contributed by atoms with van der Waals surface area (Å²) in [5.41, 5.74) is 5.04. The maximum atomic E-state index is 12.7. The molecular formula is C23H19BrClN7O. The molecule has 6 rings (SSSR count). The van der Waals surface area contributed by atoms with Crippen molar-refractivity contribution in [3.8, 4) is 0 Å². The second-order valence-corrected chi connectivity index (χ2v) is 9.53. The predicted molar refractivity (Wildman–Crippen MR) is 128 cm³/mol. The Labute approximate surface area is 202 Å². The van der Waals surface area contributed by atoms with Crippen molar-refractivity contribution in [2.24, 2.45) is 0 Å². The lowest BCUT2D eigenvalue weighted by Crippen LogP contribution is -2.22. The van der Waals surface area contributed by atoms with Crippen LogP contribution in [-0.4, -0.2) is 34.5 Å². The molecular weight excluding hydrogens is 506 g/mol. The third-order valence-corrected chi connectivity index (χ3v) is 6.77. The van der Waals surface area contributed by atoms with Crippen LogP contribution in [0.4, 0.5) is 0 Å². The van der Waals surface area contributed by atoms with Crippen molar-refractivity contribution in [1.29, 1.82) is 0 Å². The summed E-state index contributed by atoms with van der Waals surface area (Å²) in [5.74, 6) is 0.367. The monoisotopic (exact) mass is 523 g/mol. The average molecular weight is 525 g/mol. The summed E-state index contributed by atoms with van der Waals surface area (Å²) in [6.45, 7) is 0.773. The number of pyridine rings is 2. The standard InChI is InChI=1S/C23H19BrClN7O/c24-16-5-6-30-13-27-19(20(30)7-16)9-26-23(33)15-8-28-31(10-15)11-17-12-32-21(29-17)4-3-18(22(32)25)14-1-2-14/h3-8,10,12-14H,1-2,9,11H2,(H,26,33). The second-order valence-electron chi connectivity index (χ2n) is 8.25. The van der Waals surface area contributed by atoms with Crippen LogP contribution in [0.1, 0.15) is 46.1 Å². The van der Waals surface area contributed by atoms with Crippen molar-refractivity contribution in [3.63, 3.8) is 0 Å². The van der Waals surface area contributed by atoms with E-state index >= 15 is 0 Å². The van der Waals surface area contributed by atoms with E-state index in [1.54, 1.807) is 23.4 Å². The van der Waals surface area contributed by atoms with Crippen LogP contribution < -0.4 is 5.32 Å².